The number of carboxylic acids is 4. The Morgan fingerprint density at radius 3 is 1.54 bits per heavy atom. The monoisotopic (exact) mass is 2010 g/mol. The number of likely N-dealkylation sites (tertiary alicyclic amines) is 1. The molecule has 770 valence electrons. The number of nitrogens with two attached hydrogens (primary N) is 3. The molecule has 2 aromatic heterocycles. The summed E-state index contributed by atoms with van der Waals surface area (Å²) in [4.78, 5) is 297. The van der Waals surface area contributed by atoms with Crippen LogP contribution in [0.3, 0.4) is 0 Å². The highest BCUT2D eigenvalue weighted by Crippen LogP contribution is 2.28. The van der Waals surface area contributed by atoms with E-state index in [0.29, 0.717) is 78.3 Å². The van der Waals surface area contributed by atoms with E-state index in [1.54, 1.807) is 130 Å². The van der Waals surface area contributed by atoms with Gasteiger partial charge in [-0.2, -0.15) is 0 Å². The fourth-order valence-electron chi connectivity index (χ4n) is 16.9. The van der Waals surface area contributed by atoms with Crippen LogP contribution in [-0.4, -0.2) is 372 Å². The lowest BCUT2D eigenvalue weighted by Gasteiger charge is -2.33. The van der Waals surface area contributed by atoms with E-state index in [1.165, 1.54) is 25.8 Å². The largest absolute Gasteiger partial charge is 0.481 e. The van der Waals surface area contributed by atoms with Gasteiger partial charge < -0.3 is 121 Å². The van der Waals surface area contributed by atoms with Crippen LogP contribution in [0.15, 0.2) is 103 Å². The van der Waals surface area contributed by atoms with Gasteiger partial charge in [0.15, 0.2) is 0 Å². The van der Waals surface area contributed by atoms with Gasteiger partial charge in [-0.15, -0.1) is 0 Å². The summed E-state index contributed by atoms with van der Waals surface area (Å²) in [5.74, 6) is -24.1. The minimum atomic E-state index is -2.20. The Hall–Kier alpha value is -13.9. The fraction of sp³-hybridized carbons (Fsp3) is 0.505. The summed E-state index contributed by atoms with van der Waals surface area (Å²) >= 11 is 0. The fourth-order valence-corrected chi connectivity index (χ4v) is 19.3. The van der Waals surface area contributed by atoms with Crippen LogP contribution in [0.5, 0.6) is 0 Å². The maximum atomic E-state index is 15.6. The zero-order valence-electron chi connectivity index (χ0n) is 79.2. The van der Waals surface area contributed by atoms with Crippen LogP contribution in [0.25, 0.3) is 32.6 Å². The van der Waals surface area contributed by atoms with Crippen molar-refractivity contribution in [2.75, 3.05) is 110 Å². The molecule has 6 aromatic rings. The third kappa shape index (κ3) is 34.5. The van der Waals surface area contributed by atoms with Crippen LogP contribution in [0.4, 0.5) is 0 Å². The van der Waals surface area contributed by atoms with E-state index in [0.717, 1.165) is 10.3 Å². The quantitative estimate of drug-likeness (QED) is 0.0129. The molecule has 24 N–H and O–H groups in total. The molecule has 0 aliphatic carbocycles. The molecule has 3 fully saturated rings. The minimum absolute atomic E-state index is 0.00323. The Morgan fingerprint density at radius 2 is 1.01 bits per heavy atom. The van der Waals surface area contributed by atoms with Gasteiger partial charge >= 0.3 is 23.9 Å². The number of primary amides is 3. The molecule has 0 saturated carbocycles. The number of fused-ring (bicyclic) bond motifs is 3. The van der Waals surface area contributed by atoms with Gasteiger partial charge in [0.25, 0.3) is 0 Å². The predicted molar refractivity (Wildman–Crippen MR) is 519 cm³/mol. The molecular formula is C93H126N22O25S2. The van der Waals surface area contributed by atoms with Crippen molar-refractivity contribution < 1.29 is 121 Å². The molecule has 3 saturated heterocycles. The molecule has 3 aliphatic rings. The van der Waals surface area contributed by atoms with E-state index in [1.807, 2.05) is 0 Å². The zero-order chi connectivity index (χ0) is 104. The van der Waals surface area contributed by atoms with Crippen molar-refractivity contribution in [2.45, 2.75) is 189 Å². The second kappa shape index (κ2) is 54.8. The van der Waals surface area contributed by atoms with Crippen LogP contribution in [0.2, 0.25) is 0 Å². The van der Waals surface area contributed by atoms with Crippen LogP contribution < -0.4 is 75.7 Å². The van der Waals surface area contributed by atoms with Gasteiger partial charge in [-0.3, -0.25) is 115 Å². The third-order valence-corrected chi connectivity index (χ3v) is 26.8. The lowest BCUT2D eigenvalue weighted by atomic mass is 9.99. The number of benzene rings is 4. The highest BCUT2D eigenvalue weighted by molar-refractivity contribution is 8.76. The van der Waals surface area contributed by atoms with Crippen molar-refractivity contribution in [3.8, 4) is 0 Å². The van der Waals surface area contributed by atoms with Crippen LogP contribution in [0.1, 0.15) is 108 Å². The van der Waals surface area contributed by atoms with E-state index in [9.17, 15) is 78.3 Å². The first-order valence-corrected chi connectivity index (χ1v) is 49.1. The number of aromatic amines is 2. The van der Waals surface area contributed by atoms with E-state index in [2.05, 4.69) is 68.5 Å². The van der Waals surface area contributed by atoms with Gasteiger partial charge in [-0.05, 0) is 85.0 Å². The normalized spacial score (nSPS) is 20.8. The molecule has 9 rings (SSSR count). The van der Waals surface area contributed by atoms with Crippen molar-refractivity contribution in [3.05, 3.63) is 120 Å². The molecule has 0 bridgehead atoms. The average molecular weight is 2020 g/mol. The molecule has 142 heavy (non-hydrogen) atoms. The average Bonchev–Trinajstić information content (AvgIpc) is 1.63. The summed E-state index contributed by atoms with van der Waals surface area (Å²) in [5.41, 5.74) is 20.1. The number of nitrogens with zero attached hydrogens (tertiary/aromatic N) is 6. The molecular weight excluding hydrogens is 1890 g/mol. The third-order valence-electron chi connectivity index (χ3n) is 24.4. The number of hydrogen-bond acceptors (Lipinski definition) is 27. The van der Waals surface area contributed by atoms with E-state index in [-0.39, 0.29) is 117 Å². The number of carboxylic acid groups (broad SMARTS) is 4. The number of para-hydroxylation sites is 2. The lowest BCUT2D eigenvalue weighted by Crippen LogP contribution is -2.62. The van der Waals surface area contributed by atoms with E-state index >= 15 is 43.2 Å². The summed E-state index contributed by atoms with van der Waals surface area (Å²) < 4.78 is 0. The van der Waals surface area contributed by atoms with Crippen molar-refractivity contribution in [3.63, 3.8) is 0 Å². The smallest absolute Gasteiger partial charge is 0.317 e. The number of H-pyrrole nitrogens is 2. The SMILES string of the molecule is CCCC[C@@H](C(=O)N[C@H]1CSSC[C@@H](C(=O)N[C@@H](Cc2c[nH]c3ccccc23)C(=O)N2CCC[C@H]2C(N)=O)NC(=O)[C@H](CC(=O)O)NC(=O)[C@H](CCCCNC(=O)CN2CCN(CC(=O)O)CCN(CC(=O)O)CCN(CC(=O)O)CC2)NC(=O)[C@H](Cc2ccc3ccccc3c2)NC(=O)[C@H](CC(N)=O)NC(=O)[C@H](CC(N)=O)NC1=O)N(C)C(=O)[C@@H](NC(=O)[C@H](Cc1c[nH]c2ccccc12)NC(C)=O)[C@@H](C)O. The number of hydrogen-bond donors (Lipinski definition) is 21. The number of carbonyl (C=O) groups excluding carboxylic acids is 16. The van der Waals surface area contributed by atoms with Crippen molar-refractivity contribution in [2.24, 2.45) is 17.2 Å². The van der Waals surface area contributed by atoms with Crippen LogP contribution >= 0.6 is 21.6 Å². The van der Waals surface area contributed by atoms with Gasteiger partial charge in [-0.1, -0.05) is 120 Å². The van der Waals surface area contributed by atoms with Gasteiger partial charge in [-0.25, -0.2) is 0 Å². The highest BCUT2D eigenvalue weighted by atomic mass is 33.1. The van der Waals surface area contributed by atoms with Gasteiger partial charge in [0.05, 0.1) is 51.5 Å². The van der Waals surface area contributed by atoms with Gasteiger partial charge in [0, 0.05) is 144 Å². The molecule has 13 atom stereocenters. The number of amides is 16. The van der Waals surface area contributed by atoms with Crippen molar-refractivity contribution in [1.82, 2.24) is 97.9 Å². The molecule has 49 heteroatoms. The predicted octanol–water partition coefficient (Wildman–Crippen LogP) is -4.05. The molecule has 0 spiro atoms. The second-order valence-corrected chi connectivity index (χ2v) is 37.9. The van der Waals surface area contributed by atoms with E-state index < -0.39 is 260 Å². The first-order chi connectivity index (χ1) is 67.6. The minimum Gasteiger partial charge on any atom is -0.481 e. The second-order valence-electron chi connectivity index (χ2n) is 35.3. The summed E-state index contributed by atoms with van der Waals surface area (Å²) in [5, 5.41) is 81.9. The van der Waals surface area contributed by atoms with Gasteiger partial charge in [0.1, 0.15) is 72.5 Å². The van der Waals surface area contributed by atoms with Crippen molar-refractivity contribution in [1.29, 1.82) is 0 Å². The summed E-state index contributed by atoms with van der Waals surface area (Å²) in [6.45, 7) is 3.06. The Bertz CT molecular complexity index is 5520. The molecule has 3 aliphatic heterocycles. The first-order valence-electron chi connectivity index (χ1n) is 46.6. The molecule has 16 amide bonds. The Kier molecular flexibility index (Phi) is 43.1. The number of aliphatic carboxylic acids is 4. The number of likely N-dealkylation sites (N-methyl/N-ethyl adjacent to an activating group) is 1. The summed E-state index contributed by atoms with van der Waals surface area (Å²) in [6, 6.07) is 4.38. The molecule has 4 aromatic carbocycles. The number of carbonyl (C=O) groups is 20. The number of aliphatic hydroxyl groups is 1. The van der Waals surface area contributed by atoms with Gasteiger partial charge in [0.2, 0.25) is 94.5 Å². The number of rotatable bonds is 40. The maximum absolute atomic E-state index is 15.6. The standard InChI is InChI=1S/C93H126N22O25S2/c1-5-6-23-73(110(4)93(140)81(52(2)116)109-88(135)65(100-53(3)117)39-57-44-98-61-20-11-9-18-59(57)61)91(138)108-71-51-142-141-50-70(90(137)106-69(92(139)115-28-15-24-72(115)82(96)129)40-58-45-99-62-21-12-10-19-60(58)62)107-87(134)68(43-77(121)122)105-83(130)63(22-13-14-27-97-76(120)46-111-29-31-112(47-78(123)124)33-35-114(49-80(127)128)36-34-113(32-30-111)48-79(125)126)101-84(131)64(38-54-25-26-55-16-7-8-17-56(55)37-54)102-85(132)66(41-74(94)118)103-86(133)67(42-75(95)119)104-89(71)136/h7-12,16-21,25-26,37,44-45,52,63-73,81,98-99,116H,5-6,13-15,22-24,27-36,38-43,46-51H2,1-4H3,(H2,94,118)(H2,95,119)(H2,96,129)(H,97,120)(H,100,117)(H,101,131)(H,102,132)(H,103,133)(H,104,136)(H,105,130)(H,106,137)(H,107,134)(H,108,138)(H,109,135)(H,121,122)(H,123,124)(H,125,126)(H,127,128)/t52-,63+,64+,65+,66+,67+,68+,69+,70+,71+,72+,73+,81+/m1/s1. The zero-order valence-corrected chi connectivity index (χ0v) is 80.8. The topological polar surface area (TPSA) is 704 Å². The molecule has 0 radical (unpaired) electrons. The van der Waals surface area contributed by atoms with E-state index in [4.69, 9.17) is 17.2 Å². The lowest BCUT2D eigenvalue weighted by molar-refractivity contribution is -0.145. The first kappa shape index (κ1) is 112. The highest BCUT2D eigenvalue weighted by Gasteiger charge is 2.43. The number of aromatic nitrogens is 2. The van der Waals surface area contributed by atoms with Crippen LogP contribution in [0, 0.1) is 0 Å². The summed E-state index contributed by atoms with van der Waals surface area (Å²) in [6.07, 6.45) is -2.45. The number of unbranched alkanes of at least 4 members (excludes halogenated alkanes) is 2. The number of aliphatic hydroxyl groups excluding tert-OH is 1. The molecule has 0 unspecified atom stereocenters. The summed E-state index contributed by atoms with van der Waals surface area (Å²) in [7, 11) is 2.55. The van der Waals surface area contributed by atoms with Crippen molar-refractivity contribution >= 4 is 173 Å². The Morgan fingerprint density at radius 1 is 0.521 bits per heavy atom. The molecule has 47 nitrogen and oxygen atoms in total. The van der Waals surface area contributed by atoms with Crippen LogP contribution in [-0.2, 0) is 115 Å². The molecule has 5 heterocycles. The Labute approximate surface area is 824 Å². The Balaban J connectivity index is 1.08. The number of nitrogens with one attached hydrogen (secondary N) is 13. The maximum Gasteiger partial charge on any atom is 0.317 e.